The molecule has 0 bridgehead atoms. The predicted octanol–water partition coefficient (Wildman–Crippen LogP) is 4.78. The van der Waals surface area contributed by atoms with E-state index in [0.29, 0.717) is 11.5 Å². The van der Waals surface area contributed by atoms with Gasteiger partial charge in [-0.3, -0.25) is 9.59 Å². The van der Waals surface area contributed by atoms with Crippen molar-refractivity contribution in [2.75, 3.05) is 24.2 Å². The van der Waals surface area contributed by atoms with E-state index in [4.69, 9.17) is 10.5 Å². The van der Waals surface area contributed by atoms with E-state index < -0.39 is 35.7 Å². The van der Waals surface area contributed by atoms with Gasteiger partial charge in [0.2, 0.25) is 0 Å². The van der Waals surface area contributed by atoms with Crippen molar-refractivity contribution in [3.05, 3.63) is 65.0 Å². The summed E-state index contributed by atoms with van der Waals surface area (Å²) < 4.78 is 49.7. The van der Waals surface area contributed by atoms with Gasteiger partial charge < -0.3 is 20.7 Å². The lowest BCUT2D eigenvalue weighted by Crippen LogP contribution is -2.38. The molecule has 3 aromatic rings. The minimum Gasteiger partial charge on any atom is -0.485 e. The fourth-order valence-electron chi connectivity index (χ4n) is 4.98. The van der Waals surface area contributed by atoms with Crippen LogP contribution in [0.15, 0.2) is 36.7 Å². The molecule has 1 aromatic heterocycles. The van der Waals surface area contributed by atoms with Crippen molar-refractivity contribution in [3.63, 3.8) is 0 Å². The lowest BCUT2D eigenvalue weighted by molar-refractivity contribution is -0.126. The van der Waals surface area contributed by atoms with Gasteiger partial charge in [0.15, 0.2) is 11.6 Å². The third-order valence-corrected chi connectivity index (χ3v) is 7.27. The van der Waals surface area contributed by atoms with Gasteiger partial charge in [-0.1, -0.05) is 12.0 Å². The van der Waals surface area contributed by atoms with Crippen molar-refractivity contribution >= 4 is 23.3 Å². The predicted molar refractivity (Wildman–Crippen MR) is 147 cm³/mol. The average molecular weight is 564 g/mol. The van der Waals surface area contributed by atoms with Crippen molar-refractivity contribution < 1.29 is 27.5 Å². The molecule has 2 aromatic carbocycles. The van der Waals surface area contributed by atoms with E-state index in [9.17, 15) is 22.8 Å². The zero-order chi connectivity index (χ0) is 29.3. The van der Waals surface area contributed by atoms with Crippen LogP contribution >= 0.6 is 0 Å². The standard InChI is InChI=1S/C30H28F3N5O3/c1-3-4-26(39)38-13-20(32)10-21(38)14-41-28-27(35-15-36-29(28)34)23-11-19(31)12-25(16(23)2)37-30(40)22-8-7-18(9-24(22)33)17-5-6-17/h7-9,11-12,15,17,20-21H,5-6,10,13-14H2,1-2H3,(H,37,40)(H2,34,35,36)/t20-,21+/m1/s1. The summed E-state index contributed by atoms with van der Waals surface area (Å²) >= 11 is 0. The summed E-state index contributed by atoms with van der Waals surface area (Å²) in [7, 11) is 0. The van der Waals surface area contributed by atoms with Crippen LogP contribution in [0.25, 0.3) is 11.3 Å². The molecule has 2 heterocycles. The van der Waals surface area contributed by atoms with E-state index in [0.717, 1.165) is 24.5 Å². The van der Waals surface area contributed by atoms with Gasteiger partial charge in [0, 0.05) is 17.7 Å². The highest BCUT2D eigenvalue weighted by Gasteiger charge is 2.36. The molecule has 1 saturated heterocycles. The number of alkyl halides is 1. The molecule has 5 rings (SSSR count). The largest absolute Gasteiger partial charge is 0.485 e. The third kappa shape index (κ3) is 5.96. The molecule has 2 fully saturated rings. The van der Waals surface area contributed by atoms with Crippen molar-refractivity contribution in [1.29, 1.82) is 0 Å². The quantitative estimate of drug-likeness (QED) is 0.401. The van der Waals surface area contributed by atoms with E-state index in [1.165, 1.54) is 36.4 Å². The number of aromatic nitrogens is 2. The van der Waals surface area contributed by atoms with Crippen molar-refractivity contribution in [3.8, 4) is 28.8 Å². The van der Waals surface area contributed by atoms with Gasteiger partial charge in [0.05, 0.1) is 18.2 Å². The van der Waals surface area contributed by atoms with Gasteiger partial charge >= 0.3 is 0 Å². The van der Waals surface area contributed by atoms with Crippen molar-refractivity contribution in [1.82, 2.24) is 14.9 Å². The highest BCUT2D eigenvalue weighted by Crippen LogP contribution is 2.41. The molecule has 41 heavy (non-hydrogen) atoms. The number of benzene rings is 2. The van der Waals surface area contributed by atoms with Gasteiger partial charge in [-0.25, -0.2) is 23.1 Å². The van der Waals surface area contributed by atoms with Crippen molar-refractivity contribution in [2.45, 2.75) is 51.2 Å². The number of nitrogen functional groups attached to an aromatic ring is 1. The number of rotatable bonds is 7. The first-order chi connectivity index (χ1) is 19.7. The fourth-order valence-corrected chi connectivity index (χ4v) is 4.98. The molecule has 1 aliphatic heterocycles. The Kier molecular flexibility index (Phi) is 7.83. The number of ether oxygens (including phenoxy) is 1. The molecule has 1 saturated carbocycles. The van der Waals surface area contributed by atoms with Gasteiger partial charge in [-0.15, -0.1) is 0 Å². The molecule has 0 spiro atoms. The molecular formula is C30H28F3N5O3. The summed E-state index contributed by atoms with van der Waals surface area (Å²) in [5.41, 5.74) is 7.67. The Balaban J connectivity index is 1.41. The van der Waals surface area contributed by atoms with Gasteiger partial charge in [0.25, 0.3) is 11.8 Å². The molecule has 1 aliphatic carbocycles. The summed E-state index contributed by atoms with van der Waals surface area (Å²) in [6.45, 7) is 2.91. The Morgan fingerprint density at radius 1 is 1.20 bits per heavy atom. The minimum atomic E-state index is -1.23. The van der Waals surface area contributed by atoms with Crippen LogP contribution in [-0.4, -0.2) is 52.0 Å². The molecular weight excluding hydrogens is 535 g/mol. The first kappa shape index (κ1) is 28.0. The summed E-state index contributed by atoms with van der Waals surface area (Å²) in [5.74, 6) is 2.62. The second-order valence-corrected chi connectivity index (χ2v) is 10.2. The highest BCUT2D eigenvalue weighted by atomic mass is 19.1. The first-order valence-corrected chi connectivity index (χ1v) is 13.2. The topological polar surface area (TPSA) is 110 Å². The number of carbonyl (C=O) groups excluding carboxylic acids is 2. The third-order valence-electron chi connectivity index (χ3n) is 7.27. The minimum absolute atomic E-state index is 0.0106. The Labute approximate surface area is 235 Å². The van der Waals surface area contributed by atoms with Crippen LogP contribution in [0.3, 0.4) is 0 Å². The summed E-state index contributed by atoms with van der Waals surface area (Å²) in [5, 5.41) is 2.60. The van der Waals surface area contributed by atoms with E-state index in [1.54, 1.807) is 13.0 Å². The SMILES string of the molecule is CC#CC(=O)N1C[C@H](F)C[C@H]1COc1c(N)ncnc1-c1cc(F)cc(NC(=O)c2ccc(C3CC3)cc2F)c1C. The number of halogens is 3. The normalized spacial score (nSPS) is 18.0. The van der Waals surface area contributed by atoms with Crippen molar-refractivity contribution in [2.24, 2.45) is 0 Å². The van der Waals surface area contributed by atoms with Crippen LogP contribution in [0, 0.1) is 30.4 Å². The second kappa shape index (κ2) is 11.5. The van der Waals surface area contributed by atoms with Crippen LogP contribution < -0.4 is 15.8 Å². The molecule has 2 amide bonds. The molecule has 11 heteroatoms. The zero-order valence-electron chi connectivity index (χ0n) is 22.5. The van der Waals surface area contributed by atoms with Gasteiger partial charge in [-0.2, -0.15) is 0 Å². The fraction of sp³-hybridized carbons (Fsp3) is 0.333. The lowest BCUT2D eigenvalue weighted by atomic mass is 10.0. The molecule has 0 unspecified atom stereocenters. The number of nitrogens with zero attached hydrogens (tertiary/aromatic N) is 3. The van der Waals surface area contributed by atoms with E-state index >= 15 is 0 Å². The van der Waals surface area contributed by atoms with Crippen LogP contribution in [0.4, 0.5) is 24.7 Å². The maximum absolute atomic E-state index is 14.9. The van der Waals surface area contributed by atoms with Crippen LogP contribution in [0.1, 0.15) is 53.6 Å². The smallest absolute Gasteiger partial charge is 0.298 e. The number of nitrogens with one attached hydrogen (secondary N) is 1. The maximum atomic E-state index is 14.9. The van der Waals surface area contributed by atoms with Gasteiger partial charge in [0.1, 0.15) is 36.4 Å². The molecule has 0 radical (unpaired) electrons. The Hall–Kier alpha value is -4.59. The van der Waals surface area contributed by atoms with E-state index in [-0.39, 0.29) is 53.6 Å². The van der Waals surface area contributed by atoms with E-state index in [1.807, 2.05) is 0 Å². The molecule has 3 N–H and O–H groups in total. The van der Waals surface area contributed by atoms with Crippen LogP contribution in [-0.2, 0) is 4.79 Å². The first-order valence-electron chi connectivity index (χ1n) is 13.2. The number of hydrogen-bond donors (Lipinski definition) is 2. The van der Waals surface area contributed by atoms with Gasteiger partial charge in [-0.05, 0) is 73.9 Å². The number of nitrogens with two attached hydrogens (primary N) is 1. The van der Waals surface area contributed by atoms with Crippen LogP contribution in [0.2, 0.25) is 0 Å². The monoisotopic (exact) mass is 563 g/mol. The Morgan fingerprint density at radius 2 is 1.98 bits per heavy atom. The highest BCUT2D eigenvalue weighted by molar-refractivity contribution is 6.05. The summed E-state index contributed by atoms with van der Waals surface area (Å²) in [4.78, 5) is 34.8. The second-order valence-electron chi connectivity index (χ2n) is 10.2. The number of amides is 2. The Morgan fingerprint density at radius 3 is 2.68 bits per heavy atom. The number of hydrogen-bond acceptors (Lipinski definition) is 6. The average Bonchev–Trinajstić information content (AvgIpc) is 3.71. The maximum Gasteiger partial charge on any atom is 0.298 e. The molecule has 212 valence electrons. The van der Waals surface area contributed by atoms with E-state index in [2.05, 4.69) is 27.1 Å². The molecule has 2 aliphatic rings. The zero-order valence-corrected chi connectivity index (χ0v) is 22.5. The van der Waals surface area contributed by atoms with Crippen LogP contribution in [0.5, 0.6) is 5.75 Å². The summed E-state index contributed by atoms with van der Waals surface area (Å²) in [6.07, 6.45) is 1.98. The number of carbonyl (C=O) groups is 2. The number of likely N-dealkylation sites (tertiary alicyclic amines) is 1. The Bertz CT molecular complexity index is 1580. The molecule has 2 atom stereocenters. The molecule has 8 nitrogen and oxygen atoms in total. The number of anilines is 2. The lowest BCUT2D eigenvalue weighted by Gasteiger charge is -2.23. The summed E-state index contributed by atoms with van der Waals surface area (Å²) in [6, 6.07) is 6.22.